The monoisotopic (exact) mass is 498 g/mol. The second-order valence-corrected chi connectivity index (χ2v) is 12.0. The van der Waals surface area contributed by atoms with Crippen molar-refractivity contribution in [2.24, 2.45) is 28.6 Å². The summed E-state index contributed by atoms with van der Waals surface area (Å²) >= 11 is 0. The number of hydrogen-bond donors (Lipinski definition) is 2. The van der Waals surface area contributed by atoms with Gasteiger partial charge in [0.1, 0.15) is 11.7 Å². The summed E-state index contributed by atoms with van der Waals surface area (Å²) in [7, 11) is 0. The van der Waals surface area contributed by atoms with Gasteiger partial charge in [0, 0.05) is 35.3 Å². The number of rotatable bonds is 5. The minimum Gasteiger partial charge on any atom is -0.456 e. The van der Waals surface area contributed by atoms with Crippen molar-refractivity contribution in [2.75, 3.05) is 13.2 Å². The summed E-state index contributed by atoms with van der Waals surface area (Å²) < 4.78 is 25.5. The Morgan fingerprint density at radius 2 is 1.97 bits per heavy atom. The summed E-state index contributed by atoms with van der Waals surface area (Å²) in [5, 5.41) is 21.4. The van der Waals surface area contributed by atoms with Gasteiger partial charge < -0.3 is 29.2 Å². The van der Waals surface area contributed by atoms with Crippen LogP contribution >= 0.6 is 0 Å². The van der Waals surface area contributed by atoms with Crippen LogP contribution in [0.4, 0.5) is 0 Å². The molecule has 1 spiro atoms. The first-order valence-electron chi connectivity index (χ1n) is 13.4. The molecular formula is C29H38O7. The third kappa shape index (κ3) is 3.39. The molecule has 7 nitrogen and oxygen atoms in total. The minimum absolute atomic E-state index is 0.0133. The Morgan fingerprint density at radius 3 is 2.67 bits per heavy atom. The zero-order chi connectivity index (χ0) is 25.3. The minimum atomic E-state index is -0.873. The molecule has 1 aromatic carbocycles. The molecule has 11 atom stereocenters. The van der Waals surface area contributed by atoms with E-state index in [2.05, 4.69) is 20.8 Å². The summed E-state index contributed by atoms with van der Waals surface area (Å²) in [6.07, 6.45) is 4.08. The lowest BCUT2D eigenvalue weighted by Gasteiger charge is -2.65. The predicted octanol–water partition coefficient (Wildman–Crippen LogP) is 3.33. The number of carbonyl (C=O) groups excluding carboxylic acids is 1. The highest BCUT2D eigenvalue weighted by molar-refractivity contribution is 5.87. The van der Waals surface area contributed by atoms with Crippen LogP contribution in [0.2, 0.25) is 0 Å². The van der Waals surface area contributed by atoms with E-state index in [9.17, 15) is 15.0 Å². The number of carbonyl (C=O) groups is 1. The normalized spacial score (nSPS) is 49.0. The highest BCUT2D eigenvalue weighted by atomic mass is 16.7. The smallest absolute Gasteiger partial charge is 0.331 e. The molecule has 0 unspecified atom stereocenters. The lowest BCUT2D eigenvalue weighted by atomic mass is 9.41. The Morgan fingerprint density at radius 1 is 1.22 bits per heavy atom. The molecule has 2 saturated carbocycles. The molecule has 0 amide bonds. The summed E-state index contributed by atoms with van der Waals surface area (Å²) in [4.78, 5) is 13.1. The molecule has 36 heavy (non-hydrogen) atoms. The van der Waals surface area contributed by atoms with E-state index in [1.165, 1.54) is 6.08 Å². The Labute approximate surface area is 212 Å². The average molecular weight is 499 g/mol. The molecule has 196 valence electrons. The Bertz CT molecular complexity index is 1020. The van der Waals surface area contributed by atoms with Crippen LogP contribution in [0.5, 0.6) is 0 Å². The van der Waals surface area contributed by atoms with E-state index in [4.69, 9.17) is 18.9 Å². The van der Waals surface area contributed by atoms with Gasteiger partial charge in [-0.1, -0.05) is 51.1 Å². The topological polar surface area (TPSA) is 97.8 Å². The molecule has 5 aliphatic rings. The molecule has 3 saturated heterocycles. The van der Waals surface area contributed by atoms with Crippen molar-refractivity contribution in [3.63, 3.8) is 0 Å². The first-order chi connectivity index (χ1) is 17.2. The van der Waals surface area contributed by atoms with Crippen LogP contribution in [-0.2, 0) is 23.7 Å². The number of aliphatic hydroxyl groups excluding tert-OH is 2. The highest BCUT2D eigenvalue weighted by Gasteiger charge is 2.79. The number of hydrogen-bond acceptors (Lipinski definition) is 7. The first-order valence-corrected chi connectivity index (χ1v) is 13.4. The zero-order valence-electron chi connectivity index (χ0n) is 21.3. The van der Waals surface area contributed by atoms with Gasteiger partial charge in [-0.3, -0.25) is 0 Å². The molecule has 3 aliphatic heterocycles. The maximum absolute atomic E-state index is 13.1. The van der Waals surface area contributed by atoms with Crippen molar-refractivity contribution in [3.8, 4) is 0 Å². The molecule has 7 heteroatoms. The van der Waals surface area contributed by atoms with Crippen molar-refractivity contribution in [1.82, 2.24) is 0 Å². The lowest BCUT2D eigenvalue weighted by Crippen LogP contribution is -2.73. The molecular weight excluding hydrogens is 460 g/mol. The summed E-state index contributed by atoms with van der Waals surface area (Å²) in [5.74, 6) is -0.531. The SMILES string of the molecule is C[C@@H]1[C@@H](O)[C@H](OC(=O)/C=C\c2ccccc2)[C@]2(C)[C@@H]3[C@@H](CC[C@]24CO4)O[C@@H]2O[C@@H](C[C@H]2CCO)[C@@]13C. The van der Waals surface area contributed by atoms with Crippen LogP contribution < -0.4 is 0 Å². The van der Waals surface area contributed by atoms with E-state index in [1.54, 1.807) is 6.08 Å². The molecule has 2 bridgehead atoms. The van der Waals surface area contributed by atoms with Crippen LogP contribution in [-0.4, -0.2) is 65.7 Å². The molecule has 5 fully saturated rings. The third-order valence-electron chi connectivity index (χ3n) is 10.5. The average Bonchev–Trinajstić information content (AvgIpc) is 3.58. The number of ether oxygens (including phenoxy) is 4. The van der Waals surface area contributed by atoms with E-state index in [-0.39, 0.29) is 42.9 Å². The fraction of sp³-hybridized carbons (Fsp3) is 0.690. The number of esters is 1. The van der Waals surface area contributed by atoms with Crippen LogP contribution in [0.15, 0.2) is 36.4 Å². The van der Waals surface area contributed by atoms with Gasteiger partial charge in [0.05, 0.1) is 24.9 Å². The molecule has 1 aromatic rings. The van der Waals surface area contributed by atoms with Gasteiger partial charge in [0.2, 0.25) is 0 Å². The molecule has 2 aliphatic carbocycles. The second-order valence-electron chi connectivity index (χ2n) is 12.0. The Kier molecular flexibility index (Phi) is 5.89. The van der Waals surface area contributed by atoms with Gasteiger partial charge in [-0.25, -0.2) is 4.79 Å². The van der Waals surface area contributed by atoms with Gasteiger partial charge in [-0.15, -0.1) is 0 Å². The fourth-order valence-electron chi connectivity index (χ4n) is 8.35. The van der Waals surface area contributed by atoms with Gasteiger partial charge >= 0.3 is 5.97 Å². The number of aliphatic hydroxyl groups is 2. The van der Waals surface area contributed by atoms with E-state index < -0.39 is 34.6 Å². The molecule has 3 heterocycles. The molecule has 6 rings (SSSR count). The van der Waals surface area contributed by atoms with Gasteiger partial charge in [-0.05, 0) is 43.2 Å². The van der Waals surface area contributed by atoms with E-state index in [0.717, 1.165) is 24.8 Å². The zero-order valence-corrected chi connectivity index (χ0v) is 21.3. The third-order valence-corrected chi connectivity index (χ3v) is 10.5. The van der Waals surface area contributed by atoms with Crippen molar-refractivity contribution in [1.29, 1.82) is 0 Å². The summed E-state index contributed by atoms with van der Waals surface area (Å²) in [6, 6.07) is 9.62. The maximum Gasteiger partial charge on any atom is 0.331 e. The number of epoxide rings is 1. The van der Waals surface area contributed by atoms with Crippen LogP contribution in [0.1, 0.15) is 52.0 Å². The predicted molar refractivity (Wildman–Crippen MR) is 131 cm³/mol. The Hall–Kier alpha value is -1.77. The van der Waals surface area contributed by atoms with E-state index in [0.29, 0.717) is 13.0 Å². The fourth-order valence-corrected chi connectivity index (χ4v) is 8.35. The number of benzene rings is 1. The van der Waals surface area contributed by atoms with E-state index in [1.807, 2.05) is 30.3 Å². The summed E-state index contributed by atoms with van der Waals surface area (Å²) in [5.41, 5.74) is -0.567. The van der Waals surface area contributed by atoms with Gasteiger partial charge in [0.15, 0.2) is 6.29 Å². The van der Waals surface area contributed by atoms with Crippen molar-refractivity contribution < 1.29 is 34.0 Å². The van der Waals surface area contributed by atoms with E-state index >= 15 is 0 Å². The Balaban J connectivity index is 1.36. The van der Waals surface area contributed by atoms with Gasteiger partial charge in [-0.2, -0.15) is 0 Å². The molecule has 2 N–H and O–H groups in total. The molecule has 0 radical (unpaired) electrons. The lowest BCUT2D eigenvalue weighted by molar-refractivity contribution is -0.273. The largest absolute Gasteiger partial charge is 0.456 e. The summed E-state index contributed by atoms with van der Waals surface area (Å²) in [6.45, 7) is 7.12. The van der Waals surface area contributed by atoms with Crippen molar-refractivity contribution >= 4 is 12.0 Å². The van der Waals surface area contributed by atoms with Gasteiger partial charge in [0.25, 0.3) is 0 Å². The standard InChI is InChI=1S/C29H38O7/c1-17-23(32)25(36-22(31)10-9-18-7-5-4-6-8-18)28(3)24-20(11-13-29(28)16-33-29)34-26-19(12-14-30)15-21(35-26)27(17,24)2/h4-10,17,19-21,23-26,30,32H,11-16H2,1-3H3/b10-9-/t17-,19-,20-,21+,23-,24-,25+,26-,27-,28+,29+/m1/s1. The van der Waals surface area contributed by atoms with Crippen LogP contribution in [0, 0.1) is 28.6 Å². The van der Waals surface area contributed by atoms with Crippen LogP contribution in [0.3, 0.4) is 0 Å². The van der Waals surface area contributed by atoms with Crippen LogP contribution in [0.25, 0.3) is 6.08 Å². The number of fused-ring (bicyclic) bond motifs is 4. The highest BCUT2D eigenvalue weighted by Crippen LogP contribution is 2.71. The first kappa shape index (κ1) is 24.6. The quantitative estimate of drug-likeness (QED) is 0.365. The molecule has 0 aromatic heterocycles. The maximum atomic E-state index is 13.1. The van der Waals surface area contributed by atoms with Crippen molar-refractivity contribution in [2.45, 2.75) is 82.8 Å². The van der Waals surface area contributed by atoms with Crippen molar-refractivity contribution in [3.05, 3.63) is 42.0 Å². The second kappa shape index (κ2) is 8.63.